The summed E-state index contributed by atoms with van der Waals surface area (Å²) in [5, 5.41) is 6.39. The molecule has 1 rings (SSSR count). The van der Waals surface area contributed by atoms with Crippen LogP contribution in [0.25, 0.3) is 0 Å². The van der Waals surface area contributed by atoms with E-state index in [0.29, 0.717) is 5.91 Å². The van der Waals surface area contributed by atoms with E-state index in [4.69, 9.17) is 0 Å². The van der Waals surface area contributed by atoms with Gasteiger partial charge in [-0.2, -0.15) is 0 Å². The Hall–Kier alpha value is -0.530. The number of nitrogens with one attached hydrogen (secondary N) is 2. The van der Waals surface area contributed by atoms with Gasteiger partial charge in [0, 0.05) is 39.6 Å². The predicted octanol–water partition coefficient (Wildman–Crippen LogP) is 1.58. The van der Waals surface area contributed by atoms with Gasteiger partial charge < -0.3 is 15.5 Å². The van der Waals surface area contributed by atoms with Gasteiger partial charge in [0.1, 0.15) is 0 Å². The van der Waals surface area contributed by atoms with Crippen molar-refractivity contribution in [3.8, 4) is 0 Å². The molecule has 1 amide bonds. The highest BCUT2D eigenvalue weighted by Crippen LogP contribution is 2.10. The van der Waals surface area contributed by atoms with Crippen LogP contribution in [0.1, 0.15) is 39.0 Å². The van der Waals surface area contributed by atoms with Gasteiger partial charge in [-0.25, -0.2) is 0 Å². The lowest BCUT2D eigenvalue weighted by Gasteiger charge is -2.20. The van der Waals surface area contributed by atoms with Crippen LogP contribution in [0.2, 0.25) is 0 Å². The van der Waals surface area contributed by atoms with Crippen LogP contribution >= 0.6 is 24.0 Å². The van der Waals surface area contributed by atoms with E-state index in [9.17, 15) is 4.79 Å². The normalized spacial score (nSPS) is 16.6. The molecule has 0 aromatic rings. The first-order valence-electron chi connectivity index (χ1n) is 7.00. The van der Waals surface area contributed by atoms with Crippen molar-refractivity contribution in [1.29, 1.82) is 0 Å². The summed E-state index contributed by atoms with van der Waals surface area (Å²) in [6.07, 6.45) is 5.09. The molecular formula is C13H27IN4O. The maximum atomic E-state index is 11.8. The smallest absolute Gasteiger partial charge is 0.222 e. The van der Waals surface area contributed by atoms with E-state index in [2.05, 4.69) is 15.6 Å². The molecule has 0 aliphatic carbocycles. The summed E-state index contributed by atoms with van der Waals surface area (Å²) >= 11 is 0. The maximum absolute atomic E-state index is 11.8. The summed E-state index contributed by atoms with van der Waals surface area (Å²) in [6, 6.07) is 0. The minimum atomic E-state index is 0. The van der Waals surface area contributed by atoms with Gasteiger partial charge >= 0.3 is 0 Å². The lowest BCUT2D eigenvalue weighted by molar-refractivity contribution is -0.130. The van der Waals surface area contributed by atoms with Crippen molar-refractivity contribution in [3.63, 3.8) is 0 Å². The zero-order chi connectivity index (χ0) is 13.2. The highest BCUT2D eigenvalue weighted by Gasteiger charge is 2.15. The molecule has 0 radical (unpaired) electrons. The van der Waals surface area contributed by atoms with Crippen LogP contribution in [0.5, 0.6) is 0 Å². The number of carbonyl (C=O) groups is 1. The fourth-order valence-corrected chi connectivity index (χ4v) is 2.14. The largest absolute Gasteiger partial charge is 0.357 e. The van der Waals surface area contributed by atoms with E-state index in [1.165, 1.54) is 6.42 Å². The molecule has 19 heavy (non-hydrogen) atoms. The topological polar surface area (TPSA) is 56.7 Å². The molecule has 1 fully saturated rings. The SMILES string of the molecule is CCNC(=NC)NCCCN1CCCCCC1=O.I. The molecule has 0 atom stereocenters. The standard InChI is InChI=1S/C13H26N4O.HI/c1-3-15-13(14-2)16-9-7-11-17-10-6-4-5-8-12(17)18;/h3-11H2,1-2H3,(H2,14,15,16);1H. The van der Waals surface area contributed by atoms with Crippen molar-refractivity contribution in [2.75, 3.05) is 33.2 Å². The van der Waals surface area contributed by atoms with E-state index >= 15 is 0 Å². The van der Waals surface area contributed by atoms with E-state index in [1.54, 1.807) is 7.05 Å². The van der Waals surface area contributed by atoms with Gasteiger partial charge in [0.25, 0.3) is 0 Å². The summed E-state index contributed by atoms with van der Waals surface area (Å²) in [6.45, 7) is 5.55. The first-order chi connectivity index (χ1) is 8.77. The number of hydrogen-bond acceptors (Lipinski definition) is 2. The van der Waals surface area contributed by atoms with Gasteiger partial charge in [-0.05, 0) is 26.2 Å². The number of rotatable bonds is 5. The van der Waals surface area contributed by atoms with Crippen molar-refractivity contribution in [1.82, 2.24) is 15.5 Å². The average Bonchev–Trinajstić information content (AvgIpc) is 2.58. The number of guanidine groups is 1. The number of hydrogen-bond donors (Lipinski definition) is 2. The van der Waals surface area contributed by atoms with Crippen molar-refractivity contribution in [2.24, 2.45) is 4.99 Å². The Kier molecular flexibility index (Phi) is 11.0. The van der Waals surface area contributed by atoms with Crippen LogP contribution in [-0.4, -0.2) is 50.0 Å². The van der Waals surface area contributed by atoms with E-state index < -0.39 is 0 Å². The Morgan fingerprint density at radius 2 is 2.11 bits per heavy atom. The second-order valence-corrected chi connectivity index (χ2v) is 4.57. The highest BCUT2D eigenvalue weighted by atomic mass is 127. The van der Waals surface area contributed by atoms with Gasteiger partial charge in [0.2, 0.25) is 5.91 Å². The minimum absolute atomic E-state index is 0. The molecular weight excluding hydrogens is 355 g/mol. The summed E-state index contributed by atoms with van der Waals surface area (Å²) in [5.74, 6) is 1.16. The van der Waals surface area contributed by atoms with Gasteiger partial charge in [0.15, 0.2) is 5.96 Å². The molecule has 0 aromatic carbocycles. The lowest BCUT2D eigenvalue weighted by atomic mass is 10.2. The number of likely N-dealkylation sites (tertiary alicyclic amines) is 1. The Bertz CT molecular complexity index is 284. The molecule has 1 heterocycles. The predicted molar refractivity (Wildman–Crippen MR) is 90.1 cm³/mol. The Balaban J connectivity index is 0.00000324. The molecule has 0 unspecified atom stereocenters. The Labute approximate surface area is 133 Å². The molecule has 0 saturated carbocycles. The molecule has 2 N–H and O–H groups in total. The van der Waals surface area contributed by atoms with Gasteiger partial charge in [0.05, 0.1) is 0 Å². The zero-order valence-corrected chi connectivity index (χ0v) is 14.4. The van der Waals surface area contributed by atoms with Crippen LogP contribution < -0.4 is 10.6 Å². The molecule has 0 aromatic heterocycles. The lowest BCUT2D eigenvalue weighted by Crippen LogP contribution is -2.39. The number of carbonyl (C=O) groups excluding carboxylic acids is 1. The van der Waals surface area contributed by atoms with Crippen molar-refractivity contribution >= 4 is 35.8 Å². The van der Waals surface area contributed by atoms with Crippen LogP contribution in [-0.2, 0) is 4.79 Å². The third-order valence-electron chi connectivity index (χ3n) is 3.14. The maximum Gasteiger partial charge on any atom is 0.222 e. The molecule has 0 spiro atoms. The van der Waals surface area contributed by atoms with E-state index in [-0.39, 0.29) is 24.0 Å². The molecule has 0 bridgehead atoms. The molecule has 5 nitrogen and oxygen atoms in total. The minimum Gasteiger partial charge on any atom is -0.357 e. The van der Waals surface area contributed by atoms with Crippen LogP contribution in [0.4, 0.5) is 0 Å². The molecule has 1 aliphatic rings. The Morgan fingerprint density at radius 3 is 2.79 bits per heavy atom. The monoisotopic (exact) mass is 382 g/mol. The van der Waals surface area contributed by atoms with Crippen LogP contribution in [0.3, 0.4) is 0 Å². The molecule has 112 valence electrons. The van der Waals surface area contributed by atoms with Crippen LogP contribution in [0, 0.1) is 0 Å². The van der Waals surface area contributed by atoms with E-state index in [1.807, 2.05) is 11.8 Å². The summed E-state index contributed by atoms with van der Waals surface area (Å²) < 4.78 is 0. The van der Waals surface area contributed by atoms with Crippen LogP contribution in [0.15, 0.2) is 4.99 Å². The van der Waals surface area contributed by atoms with Crippen molar-refractivity contribution in [2.45, 2.75) is 39.0 Å². The van der Waals surface area contributed by atoms with Gasteiger partial charge in [-0.15, -0.1) is 24.0 Å². The average molecular weight is 382 g/mol. The fraction of sp³-hybridized carbons (Fsp3) is 0.846. The fourth-order valence-electron chi connectivity index (χ4n) is 2.14. The molecule has 6 heteroatoms. The summed E-state index contributed by atoms with van der Waals surface area (Å²) in [5.41, 5.74) is 0. The number of aliphatic imine (C=N–C) groups is 1. The first kappa shape index (κ1) is 18.5. The Morgan fingerprint density at radius 1 is 1.32 bits per heavy atom. The highest BCUT2D eigenvalue weighted by molar-refractivity contribution is 14.0. The first-order valence-corrected chi connectivity index (χ1v) is 7.00. The number of nitrogens with zero attached hydrogens (tertiary/aromatic N) is 2. The molecule has 1 saturated heterocycles. The second kappa shape index (κ2) is 11.3. The third kappa shape index (κ3) is 7.59. The summed E-state index contributed by atoms with van der Waals surface area (Å²) in [7, 11) is 1.77. The van der Waals surface area contributed by atoms with Crippen molar-refractivity contribution in [3.05, 3.63) is 0 Å². The zero-order valence-electron chi connectivity index (χ0n) is 12.1. The molecule has 1 aliphatic heterocycles. The van der Waals surface area contributed by atoms with E-state index in [0.717, 1.165) is 57.8 Å². The van der Waals surface area contributed by atoms with Gasteiger partial charge in [-0.1, -0.05) is 6.42 Å². The second-order valence-electron chi connectivity index (χ2n) is 4.57. The summed E-state index contributed by atoms with van der Waals surface area (Å²) in [4.78, 5) is 17.9. The number of amides is 1. The third-order valence-corrected chi connectivity index (χ3v) is 3.14. The quantitative estimate of drug-likeness (QED) is 0.329. The van der Waals surface area contributed by atoms with Crippen molar-refractivity contribution < 1.29 is 4.79 Å². The van der Waals surface area contributed by atoms with Gasteiger partial charge in [-0.3, -0.25) is 9.79 Å². The number of halogens is 1.